The summed E-state index contributed by atoms with van der Waals surface area (Å²) in [4.78, 5) is 32.4. The maximum atomic E-state index is 13.3. The number of hydrogen-bond acceptors (Lipinski definition) is 8. The molecule has 2 heterocycles. The third-order valence-electron chi connectivity index (χ3n) is 5.64. The number of fused-ring (bicyclic) bond motifs is 1. The van der Waals surface area contributed by atoms with E-state index in [0.29, 0.717) is 23.8 Å². The van der Waals surface area contributed by atoms with Crippen molar-refractivity contribution in [3.63, 3.8) is 0 Å². The fourth-order valence-corrected chi connectivity index (χ4v) is 4.83. The molecule has 10 heteroatoms. The molecule has 2 aromatic carbocycles. The van der Waals surface area contributed by atoms with Gasteiger partial charge in [0.25, 0.3) is 11.6 Å². The van der Waals surface area contributed by atoms with Gasteiger partial charge in [0.1, 0.15) is 5.75 Å². The molecule has 0 radical (unpaired) electrons. The van der Waals surface area contributed by atoms with Crippen LogP contribution in [0.15, 0.2) is 48.5 Å². The monoisotopic (exact) mass is 496 g/mol. The van der Waals surface area contributed by atoms with Gasteiger partial charge < -0.3 is 9.47 Å². The molecule has 1 aromatic heterocycles. The lowest BCUT2D eigenvalue weighted by Gasteiger charge is -2.27. The molecular weight excluding hydrogens is 468 g/mol. The van der Waals surface area contributed by atoms with Crippen molar-refractivity contribution in [2.75, 3.05) is 50.9 Å². The van der Waals surface area contributed by atoms with Crippen molar-refractivity contribution in [2.45, 2.75) is 13.3 Å². The van der Waals surface area contributed by atoms with Crippen molar-refractivity contribution >= 4 is 44.4 Å². The standard InChI is InChI=1S/C25H28N4O5S/c1-2-34-21-9-10-22-23(18-21)35-25(26-22)28(13-3-12-27-14-16-33-17-15-27)24(30)11-6-19-4-7-20(8-5-19)29(31)32/h4-11,18H,2-3,12-17H2,1H3/b11-6+. The van der Waals surface area contributed by atoms with Crippen LogP contribution in [0.2, 0.25) is 0 Å². The molecule has 0 unspecified atom stereocenters. The van der Waals surface area contributed by atoms with Crippen molar-refractivity contribution in [3.05, 3.63) is 64.2 Å². The summed E-state index contributed by atoms with van der Waals surface area (Å²) < 4.78 is 12.0. The maximum Gasteiger partial charge on any atom is 0.269 e. The van der Waals surface area contributed by atoms with Gasteiger partial charge in [0.15, 0.2) is 5.13 Å². The lowest BCUT2D eigenvalue weighted by molar-refractivity contribution is -0.384. The lowest BCUT2D eigenvalue weighted by Crippen LogP contribution is -2.39. The van der Waals surface area contributed by atoms with Crippen LogP contribution in [0.25, 0.3) is 16.3 Å². The Hall–Kier alpha value is -3.34. The first-order valence-electron chi connectivity index (χ1n) is 11.6. The number of nitrogens with zero attached hydrogens (tertiary/aromatic N) is 4. The number of anilines is 1. The highest BCUT2D eigenvalue weighted by molar-refractivity contribution is 7.22. The van der Waals surface area contributed by atoms with Crippen molar-refractivity contribution < 1.29 is 19.2 Å². The fourth-order valence-electron chi connectivity index (χ4n) is 3.81. The zero-order valence-electron chi connectivity index (χ0n) is 19.6. The SMILES string of the molecule is CCOc1ccc2nc(N(CCCN3CCOCC3)C(=O)/C=C/c3ccc([N+](=O)[O-])cc3)sc2c1. The van der Waals surface area contributed by atoms with E-state index in [2.05, 4.69) is 4.90 Å². The topological polar surface area (TPSA) is 98.0 Å². The molecule has 184 valence electrons. The van der Waals surface area contributed by atoms with Crippen LogP contribution >= 0.6 is 11.3 Å². The van der Waals surface area contributed by atoms with Crippen LogP contribution < -0.4 is 9.64 Å². The van der Waals surface area contributed by atoms with E-state index in [9.17, 15) is 14.9 Å². The predicted octanol–water partition coefficient (Wildman–Crippen LogP) is 4.37. The Bertz CT molecular complexity index is 1190. The van der Waals surface area contributed by atoms with E-state index in [1.165, 1.54) is 29.5 Å². The number of non-ortho nitro benzene ring substituents is 1. The Balaban J connectivity index is 1.52. The van der Waals surface area contributed by atoms with Gasteiger partial charge in [-0.15, -0.1) is 0 Å². The lowest BCUT2D eigenvalue weighted by atomic mass is 10.2. The molecule has 4 rings (SSSR count). The highest BCUT2D eigenvalue weighted by atomic mass is 32.1. The summed E-state index contributed by atoms with van der Waals surface area (Å²) in [7, 11) is 0. The second-order valence-electron chi connectivity index (χ2n) is 8.04. The summed E-state index contributed by atoms with van der Waals surface area (Å²) in [6.07, 6.45) is 3.96. The second kappa shape index (κ2) is 11.9. The van der Waals surface area contributed by atoms with Crippen molar-refractivity contribution in [1.29, 1.82) is 0 Å². The molecule has 0 bridgehead atoms. The molecule has 1 aliphatic heterocycles. The molecule has 1 saturated heterocycles. The van der Waals surface area contributed by atoms with Crippen LogP contribution in [0, 0.1) is 10.1 Å². The predicted molar refractivity (Wildman–Crippen MR) is 137 cm³/mol. The highest BCUT2D eigenvalue weighted by Crippen LogP contribution is 2.32. The molecule has 0 saturated carbocycles. The van der Waals surface area contributed by atoms with Crippen molar-refractivity contribution in [1.82, 2.24) is 9.88 Å². The smallest absolute Gasteiger partial charge is 0.269 e. The minimum absolute atomic E-state index is 0.0131. The van der Waals surface area contributed by atoms with Crippen LogP contribution in [-0.4, -0.2) is 66.7 Å². The molecule has 1 amide bonds. The Morgan fingerprint density at radius 1 is 1.26 bits per heavy atom. The van der Waals surface area contributed by atoms with E-state index in [1.54, 1.807) is 23.1 Å². The van der Waals surface area contributed by atoms with Gasteiger partial charge >= 0.3 is 0 Å². The quantitative estimate of drug-likeness (QED) is 0.233. The first-order valence-corrected chi connectivity index (χ1v) is 12.4. The van der Waals surface area contributed by atoms with Crippen molar-refractivity contribution in [3.8, 4) is 5.75 Å². The third kappa shape index (κ3) is 6.62. The van der Waals surface area contributed by atoms with Gasteiger partial charge in [-0.2, -0.15) is 0 Å². The normalized spacial score (nSPS) is 14.4. The van der Waals surface area contributed by atoms with Crippen LogP contribution in [0.3, 0.4) is 0 Å². The van der Waals surface area contributed by atoms with Crippen molar-refractivity contribution in [2.24, 2.45) is 0 Å². The average Bonchev–Trinajstić information content (AvgIpc) is 3.29. The molecule has 0 aliphatic carbocycles. The van der Waals surface area contributed by atoms with E-state index in [0.717, 1.165) is 55.2 Å². The van der Waals surface area contributed by atoms with Gasteiger partial charge in [0, 0.05) is 44.4 Å². The van der Waals surface area contributed by atoms with Crippen LogP contribution in [-0.2, 0) is 9.53 Å². The molecule has 1 aliphatic rings. The van der Waals surface area contributed by atoms with Crippen LogP contribution in [0.5, 0.6) is 5.75 Å². The molecule has 9 nitrogen and oxygen atoms in total. The molecular formula is C25H28N4O5S. The number of hydrogen-bond donors (Lipinski definition) is 0. The zero-order chi connectivity index (χ0) is 24.6. The summed E-state index contributed by atoms with van der Waals surface area (Å²) >= 11 is 1.46. The Morgan fingerprint density at radius 2 is 2.03 bits per heavy atom. The van der Waals surface area contributed by atoms with E-state index >= 15 is 0 Å². The molecule has 0 spiro atoms. The fraction of sp³-hybridized carbons (Fsp3) is 0.360. The molecule has 0 atom stereocenters. The summed E-state index contributed by atoms with van der Waals surface area (Å²) in [5, 5.41) is 11.5. The number of rotatable bonds is 10. The van der Waals surface area contributed by atoms with Gasteiger partial charge in [-0.3, -0.25) is 24.7 Å². The molecule has 3 aromatic rings. The Morgan fingerprint density at radius 3 is 2.74 bits per heavy atom. The Labute approximate surface area is 207 Å². The molecule has 35 heavy (non-hydrogen) atoms. The number of amides is 1. The first-order chi connectivity index (χ1) is 17.0. The van der Waals surface area contributed by atoms with Gasteiger partial charge in [-0.25, -0.2) is 4.98 Å². The second-order valence-corrected chi connectivity index (χ2v) is 9.05. The largest absolute Gasteiger partial charge is 0.494 e. The summed E-state index contributed by atoms with van der Waals surface area (Å²) in [5.41, 5.74) is 1.54. The summed E-state index contributed by atoms with van der Waals surface area (Å²) in [5.74, 6) is 0.591. The van der Waals surface area contributed by atoms with E-state index in [4.69, 9.17) is 14.5 Å². The average molecular weight is 497 g/mol. The van der Waals surface area contributed by atoms with Crippen LogP contribution in [0.4, 0.5) is 10.8 Å². The van der Waals surface area contributed by atoms with Gasteiger partial charge in [0.2, 0.25) is 0 Å². The summed E-state index contributed by atoms with van der Waals surface area (Å²) in [6, 6.07) is 11.8. The van der Waals surface area contributed by atoms with E-state index < -0.39 is 4.92 Å². The number of thiazole rings is 1. The number of carbonyl (C=O) groups is 1. The summed E-state index contributed by atoms with van der Waals surface area (Å²) in [6.45, 7) is 7.19. The number of ether oxygens (including phenoxy) is 2. The van der Waals surface area contributed by atoms with Gasteiger partial charge in [0.05, 0.1) is 35.0 Å². The number of carbonyl (C=O) groups excluding carboxylic acids is 1. The highest BCUT2D eigenvalue weighted by Gasteiger charge is 2.19. The minimum Gasteiger partial charge on any atom is -0.494 e. The molecule has 0 N–H and O–H groups in total. The number of nitro groups is 1. The number of aromatic nitrogens is 1. The minimum atomic E-state index is -0.445. The Kier molecular flexibility index (Phi) is 8.40. The van der Waals surface area contributed by atoms with Crippen LogP contribution in [0.1, 0.15) is 18.9 Å². The zero-order valence-corrected chi connectivity index (χ0v) is 20.4. The maximum absolute atomic E-state index is 13.3. The van der Waals surface area contributed by atoms with E-state index in [1.807, 2.05) is 25.1 Å². The number of morpholine rings is 1. The first kappa shape index (κ1) is 24.8. The number of benzene rings is 2. The van der Waals surface area contributed by atoms with Gasteiger partial charge in [-0.1, -0.05) is 11.3 Å². The van der Waals surface area contributed by atoms with E-state index in [-0.39, 0.29) is 11.6 Å². The number of nitro benzene ring substituents is 1. The van der Waals surface area contributed by atoms with Gasteiger partial charge in [-0.05, 0) is 55.3 Å². The third-order valence-corrected chi connectivity index (χ3v) is 6.68. The molecule has 1 fully saturated rings.